The average molecular weight is 223 g/mol. The lowest BCUT2D eigenvalue weighted by Gasteiger charge is -2.38. The molecular formula is C10H16F3NO. The van der Waals surface area contributed by atoms with Crippen LogP contribution in [-0.2, 0) is 0 Å². The number of halogens is 3. The van der Waals surface area contributed by atoms with Crippen molar-refractivity contribution in [3.05, 3.63) is 0 Å². The number of aliphatic hydroxyl groups excluding tert-OH is 1. The molecule has 2 fully saturated rings. The molecule has 0 amide bonds. The Morgan fingerprint density at radius 1 is 1.13 bits per heavy atom. The maximum atomic E-state index is 12.3. The standard InChI is InChI=1S/C10H16F3NO/c11-10(12,13)6-14-8-1-2-9(14)4-7(3-8)5-15/h7-9,15H,1-6H2/t7?,8-,9+. The lowest BCUT2D eigenvalue weighted by atomic mass is 9.91. The molecule has 3 atom stereocenters. The molecule has 0 radical (unpaired) electrons. The summed E-state index contributed by atoms with van der Waals surface area (Å²) in [5.41, 5.74) is 0. The third kappa shape index (κ3) is 2.45. The molecule has 2 rings (SSSR count). The maximum absolute atomic E-state index is 12.3. The van der Waals surface area contributed by atoms with E-state index in [-0.39, 0.29) is 24.6 Å². The number of alkyl halides is 3. The van der Waals surface area contributed by atoms with Gasteiger partial charge in [-0.05, 0) is 31.6 Å². The summed E-state index contributed by atoms with van der Waals surface area (Å²) in [7, 11) is 0. The number of rotatable bonds is 2. The number of nitrogens with zero attached hydrogens (tertiary/aromatic N) is 1. The zero-order valence-corrected chi connectivity index (χ0v) is 8.50. The van der Waals surface area contributed by atoms with Crippen molar-refractivity contribution < 1.29 is 18.3 Å². The van der Waals surface area contributed by atoms with Gasteiger partial charge in [-0.3, -0.25) is 4.90 Å². The van der Waals surface area contributed by atoms with Crippen LogP contribution in [0.5, 0.6) is 0 Å². The van der Waals surface area contributed by atoms with Gasteiger partial charge in [-0.15, -0.1) is 0 Å². The highest BCUT2D eigenvalue weighted by Gasteiger charge is 2.44. The predicted molar refractivity (Wildman–Crippen MR) is 49.4 cm³/mol. The molecule has 1 unspecified atom stereocenters. The molecule has 2 saturated heterocycles. The molecule has 2 heterocycles. The van der Waals surface area contributed by atoms with Crippen molar-refractivity contribution >= 4 is 0 Å². The first-order chi connectivity index (χ1) is 6.99. The SMILES string of the molecule is OCC1C[C@H]2CC[C@@H](C1)N2CC(F)(F)F. The molecule has 0 aromatic rings. The molecule has 88 valence electrons. The largest absolute Gasteiger partial charge is 0.401 e. The highest BCUT2D eigenvalue weighted by atomic mass is 19.4. The molecular weight excluding hydrogens is 207 g/mol. The van der Waals surface area contributed by atoms with Crippen molar-refractivity contribution in [1.82, 2.24) is 4.90 Å². The molecule has 0 aromatic heterocycles. The van der Waals surface area contributed by atoms with Gasteiger partial charge in [0.25, 0.3) is 0 Å². The average Bonchev–Trinajstić information content (AvgIpc) is 2.37. The van der Waals surface area contributed by atoms with E-state index < -0.39 is 12.7 Å². The lowest BCUT2D eigenvalue weighted by molar-refractivity contribution is -0.157. The van der Waals surface area contributed by atoms with Crippen molar-refractivity contribution in [3.8, 4) is 0 Å². The molecule has 0 aliphatic carbocycles. The number of hydrogen-bond donors (Lipinski definition) is 1. The van der Waals surface area contributed by atoms with Crippen molar-refractivity contribution in [2.45, 2.75) is 43.9 Å². The van der Waals surface area contributed by atoms with Crippen LogP contribution >= 0.6 is 0 Å². The summed E-state index contributed by atoms with van der Waals surface area (Å²) in [6.07, 6.45) is -0.923. The summed E-state index contributed by atoms with van der Waals surface area (Å²) in [6.45, 7) is -0.659. The third-order valence-corrected chi connectivity index (χ3v) is 3.60. The van der Waals surface area contributed by atoms with Crippen LogP contribution in [-0.4, -0.2) is 41.4 Å². The second-order valence-electron chi connectivity index (χ2n) is 4.69. The van der Waals surface area contributed by atoms with Gasteiger partial charge < -0.3 is 5.11 Å². The van der Waals surface area contributed by atoms with Crippen LogP contribution in [0.1, 0.15) is 25.7 Å². The fourth-order valence-corrected chi connectivity index (χ4v) is 3.00. The van der Waals surface area contributed by atoms with Crippen LogP contribution in [0.4, 0.5) is 13.2 Å². The van der Waals surface area contributed by atoms with E-state index in [4.69, 9.17) is 5.11 Å². The second-order valence-corrected chi connectivity index (χ2v) is 4.69. The van der Waals surface area contributed by atoms with Crippen LogP contribution < -0.4 is 0 Å². The van der Waals surface area contributed by atoms with Gasteiger partial charge in [0, 0.05) is 18.7 Å². The number of fused-ring (bicyclic) bond motifs is 2. The molecule has 0 aromatic carbocycles. The summed E-state index contributed by atoms with van der Waals surface area (Å²) in [5.74, 6) is 0.215. The topological polar surface area (TPSA) is 23.5 Å². The first-order valence-corrected chi connectivity index (χ1v) is 5.43. The van der Waals surface area contributed by atoms with Gasteiger partial charge in [0.1, 0.15) is 0 Å². The van der Waals surface area contributed by atoms with Gasteiger partial charge >= 0.3 is 6.18 Å². The van der Waals surface area contributed by atoms with Crippen molar-refractivity contribution in [2.24, 2.45) is 5.92 Å². The Hall–Kier alpha value is -0.290. The Bertz CT molecular complexity index is 217. The Kier molecular flexibility index (Phi) is 2.94. The zero-order chi connectivity index (χ0) is 11.1. The van der Waals surface area contributed by atoms with E-state index in [2.05, 4.69) is 0 Å². The fourth-order valence-electron chi connectivity index (χ4n) is 3.00. The van der Waals surface area contributed by atoms with Gasteiger partial charge in [-0.1, -0.05) is 0 Å². The predicted octanol–water partition coefficient (Wildman–Crippen LogP) is 1.78. The molecule has 1 N–H and O–H groups in total. The Balaban J connectivity index is 1.99. The summed E-state index contributed by atoms with van der Waals surface area (Å²) in [4.78, 5) is 1.59. The smallest absolute Gasteiger partial charge is 0.396 e. The van der Waals surface area contributed by atoms with Crippen molar-refractivity contribution in [2.75, 3.05) is 13.2 Å². The number of hydrogen-bond acceptors (Lipinski definition) is 2. The highest BCUT2D eigenvalue weighted by Crippen LogP contribution is 2.39. The third-order valence-electron chi connectivity index (χ3n) is 3.60. The zero-order valence-electron chi connectivity index (χ0n) is 8.50. The minimum atomic E-state index is -4.09. The number of piperidine rings is 1. The van der Waals surface area contributed by atoms with E-state index in [1.165, 1.54) is 0 Å². The monoisotopic (exact) mass is 223 g/mol. The fraction of sp³-hybridized carbons (Fsp3) is 1.00. The van der Waals surface area contributed by atoms with E-state index in [0.29, 0.717) is 0 Å². The van der Waals surface area contributed by atoms with Gasteiger partial charge in [0.15, 0.2) is 0 Å². The molecule has 15 heavy (non-hydrogen) atoms. The van der Waals surface area contributed by atoms with Crippen LogP contribution in [0.2, 0.25) is 0 Å². The molecule has 2 aliphatic heterocycles. The minimum Gasteiger partial charge on any atom is -0.396 e. The van der Waals surface area contributed by atoms with Crippen LogP contribution in [0.15, 0.2) is 0 Å². The van der Waals surface area contributed by atoms with Crippen LogP contribution in [0.3, 0.4) is 0 Å². The van der Waals surface area contributed by atoms with E-state index in [1.807, 2.05) is 0 Å². The summed E-state index contributed by atoms with van der Waals surface area (Å²) in [6, 6.07) is 0.0880. The molecule has 2 bridgehead atoms. The van der Waals surface area contributed by atoms with Gasteiger partial charge in [0.05, 0.1) is 6.54 Å². The van der Waals surface area contributed by atoms with Gasteiger partial charge in [-0.2, -0.15) is 13.2 Å². The summed E-state index contributed by atoms with van der Waals surface area (Å²) >= 11 is 0. The van der Waals surface area contributed by atoms with E-state index in [1.54, 1.807) is 4.90 Å². The lowest BCUT2D eigenvalue weighted by Crippen LogP contribution is -2.47. The van der Waals surface area contributed by atoms with Crippen molar-refractivity contribution in [3.63, 3.8) is 0 Å². The molecule has 2 nitrogen and oxygen atoms in total. The van der Waals surface area contributed by atoms with E-state index in [9.17, 15) is 13.2 Å². The van der Waals surface area contributed by atoms with Crippen LogP contribution in [0.25, 0.3) is 0 Å². The molecule has 2 aliphatic rings. The maximum Gasteiger partial charge on any atom is 0.401 e. The minimum absolute atomic E-state index is 0.0440. The normalized spacial score (nSPS) is 37.2. The molecule has 5 heteroatoms. The Morgan fingerprint density at radius 2 is 1.67 bits per heavy atom. The Labute approximate surface area is 87.1 Å². The molecule has 0 saturated carbocycles. The highest BCUT2D eigenvalue weighted by molar-refractivity contribution is 4.95. The van der Waals surface area contributed by atoms with E-state index in [0.717, 1.165) is 25.7 Å². The first-order valence-electron chi connectivity index (χ1n) is 5.43. The summed E-state index contributed by atoms with van der Waals surface area (Å²) < 4.78 is 36.9. The van der Waals surface area contributed by atoms with Gasteiger partial charge in [-0.25, -0.2) is 0 Å². The van der Waals surface area contributed by atoms with E-state index >= 15 is 0 Å². The Morgan fingerprint density at radius 3 is 2.07 bits per heavy atom. The number of aliphatic hydroxyl groups is 1. The molecule has 0 spiro atoms. The summed E-state index contributed by atoms with van der Waals surface area (Å²) in [5, 5.41) is 9.03. The van der Waals surface area contributed by atoms with Gasteiger partial charge in [0.2, 0.25) is 0 Å². The quantitative estimate of drug-likeness (QED) is 0.771. The van der Waals surface area contributed by atoms with Crippen LogP contribution in [0, 0.1) is 5.92 Å². The van der Waals surface area contributed by atoms with Crippen molar-refractivity contribution in [1.29, 1.82) is 0 Å². The second kappa shape index (κ2) is 3.94. The first kappa shape index (κ1) is 11.2.